The summed E-state index contributed by atoms with van der Waals surface area (Å²) in [6.45, 7) is 1.60. The fourth-order valence-corrected chi connectivity index (χ4v) is 3.06. The zero-order valence-corrected chi connectivity index (χ0v) is 15.5. The van der Waals surface area contributed by atoms with Gasteiger partial charge < -0.3 is 24.3 Å². The van der Waals surface area contributed by atoms with E-state index in [1.165, 1.54) is 6.33 Å². The van der Waals surface area contributed by atoms with E-state index in [0.717, 1.165) is 10.9 Å². The topological polar surface area (TPSA) is 74.7 Å². The molecule has 1 aliphatic heterocycles. The van der Waals surface area contributed by atoms with Crippen LogP contribution in [-0.4, -0.2) is 43.5 Å². The Labute approximate surface area is 161 Å². The highest BCUT2D eigenvalue weighted by atomic mass is 35.5. The minimum Gasteiger partial charge on any atom is -0.493 e. The molecule has 0 atom stereocenters. The lowest BCUT2D eigenvalue weighted by molar-refractivity contribution is 0.0759. The molecule has 4 rings (SSSR count). The number of methoxy groups -OCH3 is 1. The van der Waals surface area contributed by atoms with E-state index in [2.05, 4.69) is 15.3 Å². The van der Waals surface area contributed by atoms with E-state index in [1.54, 1.807) is 13.2 Å². The number of anilines is 2. The predicted octanol–water partition coefficient (Wildman–Crippen LogP) is 3.82. The molecule has 8 heteroatoms. The number of benzene rings is 2. The quantitative estimate of drug-likeness (QED) is 0.680. The van der Waals surface area contributed by atoms with Gasteiger partial charge in [-0.1, -0.05) is 17.7 Å². The van der Waals surface area contributed by atoms with Gasteiger partial charge in [-0.25, -0.2) is 9.97 Å². The predicted molar refractivity (Wildman–Crippen MR) is 103 cm³/mol. The highest BCUT2D eigenvalue weighted by Gasteiger charge is 2.15. The van der Waals surface area contributed by atoms with Crippen molar-refractivity contribution in [2.75, 3.05) is 38.9 Å². The molecule has 140 valence electrons. The van der Waals surface area contributed by atoms with Crippen LogP contribution in [0.15, 0.2) is 36.7 Å². The number of rotatable bonds is 1. The molecule has 0 amide bonds. The van der Waals surface area contributed by atoms with Crippen LogP contribution in [0, 0.1) is 0 Å². The van der Waals surface area contributed by atoms with Gasteiger partial charge in [0, 0.05) is 11.5 Å². The third-order valence-corrected chi connectivity index (χ3v) is 4.40. The number of nitrogens with one attached hydrogen (secondary N) is 1. The third kappa shape index (κ3) is 3.70. The van der Waals surface area contributed by atoms with Gasteiger partial charge in [0.2, 0.25) is 0 Å². The molecule has 27 heavy (non-hydrogen) atoms. The fourth-order valence-electron chi connectivity index (χ4n) is 2.83. The number of halogens is 1. The molecule has 2 heterocycles. The van der Waals surface area contributed by atoms with Crippen LogP contribution in [0.5, 0.6) is 17.2 Å². The Morgan fingerprint density at radius 2 is 1.93 bits per heavy atom. The minimum absolute atomic E-state index is 0.367. The van der Waals surface area contributed by atoms with Crippen molar-refractivity contribution >= 4 is 34.0 Å². The highest BCUT2D eigenvalue weighted by molar-refractivity contribution is 6.32. The van der Waals surface area contributed by atoms with Crippen LogP contribution < -0.4 is 19.5 Å². The maximum absolute atomic E-state index is 6.33. The molecule has 1 aliphatic rings. The molecule has 0 aliphatic carbocycles. The second-order valence-electron chi connectivity index (χ2n) is 5.79. The van der Waals surface area contributed by atoms with E-state index in [1.807, 2.05) is 24.3 Å². The van der Waals surface area contributed by atoms with Gasteiger partial charge >= 0.3 is 0 Å². The molecule has 7 nitrogen and oxygen atoms in total. The summed E-state index contributed by atoms with van der Waals surface area (Å²) in [7, 11) is 1.60. The Hall–Kier alpha value is -2.77. The van der Waals surface area contributed by atoms with Gasteiger partial charge in [-0.05, 0) is 18.2 Å². The molecule has 3 aromatic rings. The Balaban J connectivity index is 1.85. The van der Waals surface area contributed by atoms with Crippen LogP contribution in [0.1, 0.15) is 0 Å². The lowest BCUT2D eigenvalue weighted by atomic mass is 10.2. The number of fused-ring (bicyclic) bond motifs is 2. The Morgan fingerprint density at radius 3 is 2.78 bits per heavy atom. The van der Waals surface area contributed by atoms with E-state index in [0.29, 0.717) is 60.2 Å². The summed E-state index contributed by atoms with van der Waals surface area (Å²) >= 11 is 6.33. The summed E-state index contributed by atoms with van der Waals surface area (Å²) in [6, 6.07) is 9.18. The summed E-state index contributed by atoms with van der Waals surface area (Å²) in [4.78, 5) is 8.71. The Kier molecular flexibility index (Phi) is 5.13. The zero-order valence-electron chi connectivity index (χ0n) is 14.7. The van der Waals surface area contributed by atoms with Crippen molar-refractivity contribution < 1.29 is 18.9 Å². The summed E-state index contributed by atoms with van der Waals surface area (Å²) < 4.78 is 22.6. The van der Waals surface area contributed by atoms with Gasteiger partial charge in [0.1, 0.15) is 25.4 Å². The molecule has 1 N–H and O–H groups in total. The van der Waals surface area contributed by atoms with Gasteiger partial charge in [-0.3, -0.25) is 0 Å². The summed E-state index contributed by atoms with van der Waals surface area (Å²) in [5.41, 5.74) is 1.43. The highest BCUT2D eigenvalue weighted by Crippen LogP contribution is 2.38. The molecule has 1 aromatic heterocycles. The smallest absolute Gasteiger partial charge is 0.162 e. The second-order valence-corrected chi connectivity index (χ2v) is 6.20. The Bertz CT molecular complexity index is 967. The monoisotopic (exact) mass is 387 g/mol. The standard InChI is InChI=1S/C19H18ClN3O4/c1-24-16-10-15-12-9-17(16)26-7-5-25-6-8-27-18-13(20)3-2-4-14(18)23-19(12)22-11-21-15/h2-4,9-11H,5-8H2,1H3,(H,21,22,23). The molecule has 0 saturated heterocycles. The van der Waals surface area contributed by atoms with Crippen LogP contribution in [0.25, 0.3) is 10.9 Å². The molecule has 0 radical (unpaired) electrons. The van der Waals surface area contributed by atoms with E-state index >= 15 is 0 Å². The molecule has 0 spiro atoms. The first-order valence-electron chi connectivity index (χ1n) is 8.48. The molecule has 2 bridgehead atoms. The van der Waals surface area contributed by atoms with Crippen molar-refractivity contribution in [2.45, 2.75) is 0 Å². The fraction of sp³-hybridized carbons (Fsp3) is 0.263. The summed E-state index contributed by atoms with van der Waals surface area (Å²) in [6.07, 6.45) is 1.49. The molecule has 0 unspecified atom stereocenters. The number of para-hydroxylation sites is 1. The van der Waals surface area contributed by atoms with Gasteiger partial charge in [-0.2, -0.15) is 0 Å². The van der Waals surface area contributed by atoms with Crippen molar-refractivity contribution in [2.24, 2.45) is 0 Å². The van der Waals surface area contributed by atoms with Crippen LogP contribution in [0.4, 0.5) is 11.5 Å². The van der Waals surface area contributed by atoms with Crippen LogP contribution in [0.3, 0.4) is 0 Å². The van der Waals surface area contributed by atoms with Crippen LogP contribution in [-0.2, 0) is 4.74 Å². The second kappa shape index (κ2) is 7.85. The number of ether oxygens (including phenoxy) is 4. The normalized spacial score (nSPS) is 14.4. The SMILES string of the molecule is COc1cc2ncnc3c2cc1OCCOCCOc1c(Cl)cccc1N3. The van der Waals surface area contributed by atoms with Crippen LogP contribution in [0.2, 0.25) is 5.02 Å². The number of hydrogen-bond acceptors (Lipinski definition) is 7. The van der Waals surface area contributed by atoms with E-state index < -0.39 is 0 Å². The number of aromatic nitrogens is 2. The average molecular weight is 388 g/mol. The van der Waals surface area contributed by atoms with Gasteiger partial charge in [-0.15, -0.1) is 0 Å². The van der Waals surface area contributed by atoms with Gasteiger partial charge in [0.25, 0.3) is 0 Å². The lowest BCUT2D eigenvalue weighted by Crippen LogP contribution is -2.13. The van der Waals surface area contributed by atoms with Gasteiger partial charge in [0.15, 0.2) is 17.2 Å². The van der Waals surface area contributed by atoms with E-state index in [9.17, 15) is 0 Å². The largest absolute Gasteiger partial charge is 0.493 e. The maximum Gasteiger partial charge on any atom is 0.162 e. The van der Waals surface area contributed by atoms with Crippen molar-refractivity contribution in [1.29, 1.82) is 0 Å². The van der Waals surface area contributed by atoms with E-state index in [4.69, 9.17) is 30.5 Å². The lowest BCUT2D eigenvalue weighted by Gasteiger charge is -2.17. The van der Waals surface area contributed by atoms with Crippen LogP contribution >= 0.6 is 11.6 Å². The molecular weight excluding hydrogens is 370 g/mol. The number of hydrogen-bond donors (Lipinski definition) is 1. The van der Waals surface area contributed by atoms with Crippen molar-refractivity contribution in [3.63, 3.8) is 0 Å². The molecular formula is C19H18ClN3O4. The first kappa shape index (κ1) is 17.6. The first-order chi connectivity index (χ1) is 13.3. The number of nitrogens with zero attached hydrogens (tertiary/aromatic N) is 2. The summed E-state index contributed by atoms with van der Waals surface area (Å²) in [5, 5.41) is 4.59. The molecule has 2 aromatic carbocycles. The van der Waals surface area contributed by atoms with E-state index in [-0.39, 0.29) is 0 Å². The maximum atomic E-state index is 6.33. The van der Waals surface area contributed by atoms with Gasteiger partial charge in [0.05, 0.1) is 36.6 Å². The van der Waals surface area contributed by atoms with Crippen molar-refractivity contribution in [3.8, 4) is 17.2 Å². The minimum atomic E-state index is 0.367. The van der Waals surface area contributed by atoms with Crippen molar-refractivity contribution in [3.05, 3.63) is 41.7 Å². The molecule has 0 fully saturated rings. The Morgan fingerprint density at radius 1 is 1.07 bits per heavy atom. The first-order valence-corrected chi connectivity index (χ1v) is 8.85. The van der Waals surface area contributed by atoms with Crippen molar-refractivity contribution in [1.82, 2.24) is 9.97 Å². The summed E-state index contributed by atoms with van der Waals surface area (Å²) in [5.74, 6) is 2.38. The average Bonchev–Trinajstić information content (AvgIpc) is 2.68. The zero-order chi connectivity index (χ0) is 18.6. The third-order valence-electron chi connectivity index (χ3n) is 4.10. The molecule has 0 saturated carbocycles.